The van der Waals surface area contributed by atoms with Crippen molar-refractivity contribution < 1.29 is 19.4 Å². The van der Waals surface area contributed by atoms with E-state index in [2.05, 4.69) is 0 Å². The fourth-order valence-corrected chi connectivity index (χ4v) is 2.99. The standard InChI is InChI=1S/C15H11Cl2IO4/c1-21-13-5-9(15(19)20)4-12(18)14(13)22-7-8-2-3-10(16)6-11(8)17/h2-6H,7H2,1H3,(H,19,20). The van der Waals surface area contributed by atoms with Gasteiger partial charge in [0.2, 0.25) is 0 Å². The van der Waals surface area contributed by atoms with E-state index in [0.717, 1.165) is 5.56 Å². The third-order valence-corrected chi connectivity index (χ3v) is 4.25. The number of halogens is 3. The van der Waals surface area contributed by atoms with Gasteiger partial charge in [0.1, 0.15) is 6.61 Å². The number of carboxylic acids is 1. The van der Waals surface area contributed by atoms with Crippen molar-refractivity contribution in [2.45, 2.75) is 6.61 Å². The highest BCUT2D eigenvalue weighted by atomic mass is 127. The van der Waals surface area contributed by atoms with E-state index in [0.29, 0.717) is 25.1 Å². The highest BCUT2D eigenvalue weighted by Crippen LogP contribution is 2.35. The van der Waals surface area contributed by atoms with Gasteiger partial charge in [0.25, 0.3) is 0 Å². The van der Waals surface area contributed by atoms with Crippen molar-refractivity contribution in [2.75, 3.05) is 7.11 Å². The highest BCUT2D eigenvalue weighted by molar-refractivity contribution is 14.1. The Labute approximate surface area is 151 Å². The Hall–Kier alpha value is -1.18. The molecule has 0 saturated heterocycles. The van der Waals surface area contributed by atoms with E-state index in [1.807, 2.05) is 22.6 Å². The summed E-state index contributed by atoms with van der Waals surface area (Å²) in [5.74, 6) is -0.197. The minimum Gasteiger partial charge on any atom is -0.493 e. The molecule has 2 rings (SSSR count). The van der Waals surface area contributed by atoms with Crippen LogP contribution in [0.15, 0.2) is 30.3 Å². The lowest BCUT2D eigenvalue weighted by atomic mass is 10.2. The maximum Gasteiger partial charge on any atom is 0.335 e. The Morgan fingerprint density at radius 1 is 1.27 bits per heavy atom. The summed E-state index contributed by atoms with van der Waals surface area (Å²) in [4.78, 5) is 11.1. The molecule has 0 aromatic heterocycles. The molecule has 0 fully saturated rings. The normalized spacial score (nSPS) is 10.4. The van der Waals surface area contributed by atoms with Crippen LogP contribution in [-0.4, -0.2) is 18.2 Å². The first kappa shape index (κ1) is 17.2. The summed E-state index contributed by atoms with van der Waals surface area (Å²) in [5, 5.41) is 10.1. The molecule has 0 saturated carbocycles. The summed E-state index contributed by atoms with van der Waals surface area (Å²) in [7, 11) is 1.46. The third kappa shape index (κ3) is 3.97. The second kappa shape index (κ2) is 7.39. The van der Waals surface area contributed by atoms with E-state index >= 15 is 0 Å². The number of methoxy groups -OCH3 is 1. The van der Waals surface area contributed by atoms with E-state index in [1.165, 1.54) is 19.2 Å². The minimum absolute atomic E-state index is 0.137. The van der Waals surface area contributed by atoms with E-state index in [4.69, 9.17) is 37.8 Å². The predicted molar refractivity (Wildman–Crippen MR) is 93.5 cm³/mol. The lowest BCUT2D eigenvalue weighted by Gasteiger charge is -2.14. The summed E-state index contributed by atoms with van der Waals surface area (Å²) >= 11 is 14.0. The van der Waals surface area contributed by atoms with Gasteiger partial charge < -0.3 is 14.6 Å². The van der Waals surface area contributed by atoms with Crippen molar-refractivity contribution in [1.82, 2.24) is 0 Å². The lowest BCUT2D eigenvalue weighted by Crippen LogP contribution is -2.03. The van der Waals surface area contributed by atoms with Crippen molar-refractivity contribution in [3.05, 3.63) is 55.1 Å². The molecule has 0 radical (unpaired) electrons. The number of hydrogen-bond acceptors (Lipinski definition) is 3. The van der Waals surface area contributed by atoms with Gasteiger partial charge in [-0.25, -0.2) is 4.79 Å². The van der Waals surface area contributed by atoms with Crippen LogP contribution in [0.25, 0.3) is 0 Å². The van der Waals surface area contributed by atoms with Crippen LogP contribution < -0.4 is 9.47 Å². The number of rotatable bonds is 5. The lowest BCUT2D eigenvalue weighted by molar-refractivity contribution is 0.0696. The molecular weight excluding hydrogens is 442 g/mol. The monoisotopic (exact) mass is 452 g/mol. The van der Waals surface area contributed by atoms with Gasteiger partial charge in [-0.05, 0) is 46.9 Å². The molecule has 0 bridgehead atoms. The van der Waals surface area contributed by atoms with E-state index < -0.39 is 5.97 Å². The second-order valence-electron chi connectivity index (χ2n) is 4.32. The molecule has 22 heavy (non-hydrogen) atoms. The zero-order valence-electron chi connectivity index (χ0n) is 11.4. The van der Waals surface area contributed by atoms with Crippen LogP contribution >= 0.6 is 45.8 Å². The first-order chi connectivity index (χ1) is 10.4. The minimum atomic E-state index is -1.02. The summed E-state index contributed by atoms with van der Waals surface area (Å²) < 4.78 is 11.6. The van der Waals surface area contributed by atoms with Gasteiger partial charge >= 0.3 is 5.97 Å². The maximum absolute atomic E-state index is 11.1. The van der Waals surface area contributed by atoms with Crippen LogP contribution in [0.1, 0.15) is 15.9 Å². The fourth-order valence-electron chi connectivity index (χ4n) is 1.77. The molecule has 0 aliphatic heterocycles. The van der Waals surface area contributed by atoms with Crippen LogP contribution in [0.5, 0.6) is 11.5 Å². The Kier molecular flexibility index (Phi) is 5.77. The number of aromatic carboxylic acids is 1. The summed E-state index contributed by atoms with van der Waals surface area (Å²) in [5.41, 5.74) is 0.907. The molecule has 0 unspecified atom stereocenters. The summed E-state index contributed by atoms with van der Waals surface area (Å²) in [6.07, 6.45) is 0. The molecule has 0 atom stereocenters. The SMILES string of the molecule is COc1cc(C(=O)O)cc(I)c1OCc1ccc(Cl)cc1Cl. The average molecular weight is 453 g/mol. The van der Waals surface area contributed by atoms with Crippen LogP contribution in [0.3, 0.4) is 0 Å². The van der Waals surface area contributed by atoms with Crippen molar-refractivity contribution >= 4 is 51.8 Å². The zero-order chi connectivity index (χ0) is 16.3. The molecule has 0 aliphatic carbocycles. The number of ether oxygens (including phenoxy) is 2. The summed E-state index contributed by atoms with van der Waals surface area (Å²) in [6, 6.07) is 8.07. The van der Waals surface area contributed by atoms with Crippen LogP contribution in [0.4, 0.5) is 0 Å². The Morgan fingerprint density at radius 3 is 2.59 bits per heavy atom. The molecule has 2 aromatic carbocycles. The van der Waals surface area contributed by atoms with Crippen LogP contribution in [0.2, 0.25) is 10.0 Å². The number of carbonyl (C=O) groups is 1. The van der Waals surface area contributed by atoms with Gasteiger partial charge in [-0.1, -0.05) is 29.3 Å². The van der Waals surface area contributed by atoms with Crippen molar-refractivity contribution in [2.24, 2.45) is 0 Å². The summed E-state index contributed by atoms with van der Waals surface area (Å²) in [6.45, 7) is 0.217. The van der Waals surface area contributed by atoms with Crippen LogP contribution in [0, 0.1) is 3.57 Å². The molecule has 0 spiro atoms. The van der Waals surface area contributed by atoms with Gasteiger partial charge in [0.05, 0.1) is 16.2 Å². The van der Waals surface area contributed by atoms with Crippen molar-refractivity contribution in [3.63, 3.8) is 0 Å². The molecule has 0 amide bonds. The smallest absolute Gasteiger partial charge is 0.335 e. The highest BCUT2D eigenvalue weighted by Gasteiger charge is 2.15. The number of benzene rings is 2. The second-order valence-corrected chi connectivity index (χ2v) is 6.32. The average Bonchev–Trinajstić information content (AvgIpc) is 2.46. The zero-order valence-corrected chi connectivity index (χ0v) is 15.1. The Bertz CT molecular complexity index is 719. The third-order valence-electron chi connectivity index (χ3n) is 2.86. The molecular formula is C15H11Cl2IO4. The van der Waals surface area contributed by atoms with E-state index in [-0.39, 0.29) is 12.2 Å². The van der Waals surface area contributed by atoms with E-state index in [1.54, 1.807) is 18.2 Å². The first-order valence-electron chi connectivity index (χ1n) is 6.10. The quantitative estimate of drug-likeness (QED) is 0.656. The molecule has 0 heterocycles. The first-order valence-corrected chi connectivity index (χ1v) is 7.93. The molecule has 2 aromatic rings. The molecule has 7 heteroatoms. The largest absolute Gasteiger partial charge is 0.493 e. The molecule has 4 nitrogen and oxygen atoms in total. The topological polar surface area (TPSA) is 55.8 Å². The van der Waals surface area contributed by atoms with Gasteiger partial charge in [0, 0.05) is 15.6 Å². The van der Waals surface area contributed by atoms with Gasteiger partial charge in [0.15, 0.2) is 11.5 Å². The Balaban J connectivity index is 2.27. The number of hydrogen-bond donors (Lipinski definition) is 1. The van der Waals surface area contributed by atoms with Crippen LogP contribution in [-0.2, 0) is 6.61 Å². The molecule has 1 N–H and O–H groups in total. The predicted octanol–water partition coefficient (Wildman–Crippen LogP) is 4.88. The van der Waals surface area contributed by atoms with E-state index in [9.17, 15) is 4.79 Å². The number of carboxylic acid groups (broad SMARTS) is 1. The fraction of sp³-hybridized carbons (Fsp3) is 0.133. The molecule has 116 valence electrons. The Morgan fingerprint density at radius 2 is 2.00 bits per heavy atom. The van der Waals surface area contributed by atoms with Gasteiger partial charge in [-0.2, -0.15) is 0 Å². The van der Waals surface area contributed by atoms with Crippen molar-refractivity contribution in [3.8, 4) is 11.5 Å². The molecule has 0 aliphatic rings. The van der Waals surface area contributed by atoms with Crippen molar-refractivity contribution in [1.29, 1.82) is 0 Å². The van der Waals surface area contributed by atoms with Gasteiger partial charge in [-0.3, -0.25) is 0 Å². The maximum atomic E-state index is 11.1. The van der Waals surface area contributed by atoms with Gasteiger partial charge in [-0.15, -0.1) is 0 Å².